The van der Waals surface area contributed by atoms with E-state index >= 15 is 0 Å². The van der Waals surface area contributed by atoms with Crippen LogP contribution in [0.2, 0.25) is 5.02 Å². The molecule has 0 radical (unpaired) electrons. The van der Waals surface area contributed by atoms with Gasteiger partial charge in [-0.1, -0.05) is 23.7 Å². The maximum absolute atomic E-state index is 12.9. The molecule has 6 nitrogen and oxygen atoms in total. The molecule has 0 spiro atoms. The number of nitrogens with one attached hydrogen (secondary N) is 1. The second kappa shape index (κ2) is 11.6. The first-order valence-electron chi connectivity index (χ1n) is 10.8. The van der Waals surface area contributed by atoms with Crippen molar-refractivity contribution >= 4 is 29.1 Å². The molecule has 1 saturated heterocycles. The van der Waals surface area contributed by atoms with Gasteiger partial charge in [-0.3, -0.25) is 9.59 Å². The number of rotatable bonds is 9. The normalized spacial score (nSPS) is 13.5. The van der Waals surface area contributed by atoms with Gasteiger partial charge in [-0.15, -0.1) is 0 Å². The molecule has 31 heavy (non-hydrogen) atoms. The minimum atomic E-state index is -0.184. The highest BCUT2D eigenvalue weighted by atomic mass is 35.5. The third-order valence-corrected chi connectivity index (χ3v) is 5.32. The number of carbonyl (C=O) groups is 2. The fourth-order valence-corrected chi connectivity index (χ4v) is 3.72. The Kier molecular flexibility index (Phi) is 8.59. The Bertz CT molecular complexity index is 897. The molecule has 1 aliphatic rings. The molecule has 1 aliphatic heterocycles. The van der Waals surface area contributed by atoms with Gasteiger partial charge in [0.2, 0.25) is 5.91 Å². The molecule has 0 atom stereocenters. The Morgan fingerprint density at radius 3 is 2.45 bits per heavy atom. The Balaban J connectivity index is 1.54. The first kappa shape index (κ1) is 22.9. The largest absolute Gasteiger partial charge is 0.490 e. The van der Waals surface area contributed by atoms with Crippen LogP contribution in [-0.2, 0) is 4.79 Å². The van der Waals surface area contributed by atoms with E-state index in [0.29, 0.717) is 47.4 Å². The van der Waals surface area contributed by atoms with E-state index in [-0.39, 0.29) is 18.2 Å². The predicted octanol–water partition coefficient (Wildman–Crippen LogP) is 5.16. The van der Waals surface area contributed by atoms with Crippen LogP contribution >= 0.6 is 11.6 Å². The first-order chi connectivity index (χ1) is 15.1. The van der Waals surface area contributed by atoms with E-state index in [4.69, 9.17) is 21.1 Å². The monoisotopic (exact) mass is 444 g/mol. The number of halogens is 1. The molecule has 0 saturated carbocycles. The maximum atomic E-state index is 12.9. The minimum absolute atomic E-state index is 0.0671. The molecule has 2 aromatic rings. The van der Waals surface area contributed by atoms with Crippen LogP contribution in [0.4, 0.5) is 5.69 Å². The first-order valence-corrected chi connectivity index (χ1v) is 11.2. The molecule has 166 valence electrons. The van der Waals surface area contributed by atoms with Crippen molar-refractivity contribution < 1.29 is 19.1 Å². The van der Waals surface area contributed by atoms with Crippen molar-refractivity contribution in [3.05, 3.63) is 53.1 Å². The van der Waals surface area contributed by atoms with Crippen molar-refractivity contribution in [3.63, 3.8) is 0 Å². The van der Waals surface area contributed by atoms with Crippen molar-refractivity contribution in [2.24, 2.45) is 0 Å². The highest BCUT2D eigenvalue weighted by molar-refractivity contribution is 6.31. The van der Waals surface area contributed by atoms with E-state index in [9.17, 15) is 9.59 Å². The summed E-state index contributed by atoms with van der Waals surface area (Å²) in [6.07, 6.45) is 3.95. The van der Waals surface area contributed by atoms with Crippen LogP contribution in [0.3, 0.4) is 0 Å². The summed E-state index contributed by atoms with van der Waals surface area (Å²) in [5.41, 5.74) is 0.928. The maximum Gasteiger partial charge on any atom is 0.255 e. The van der Waals surface area contributed by atoms with Gasteiger partial charge in [0.1, 0.15) is 0 Å². The number of hydrogen-bond acceptors (Lipinski definition) is 4. The SMILES string of the molecule is CCOc1ccccc1OCCCC(=O)Nc1cc(Cl)ccc1C(=O)N1CCCCC1. The summed E-state index contributed by atoms with van der Waals surface area (Å²) < 4.78 is 11.3. The Hall–Kier alpha value is -2.73. The van der Waals surface area contributed by atoms with E-state index in [0.717, 1.165) is 32.4 Å². The van der Waals surface area contributed by atoms with Crippen LogP contribution in [-0.4, -0.2) is 43.0 Å². The average Bonchev–Trinajstić information content (AvgIpc) is 2.78. The number of benzene rings is 2. The fourth-order valence-electron chi connectivity index (χ4n) is 3.55. The third kappa shape index (κ3) is 6.62. The summed E-state index contributed by atoms with van der Waals surface area (Å²) in [6, 6.07) is 12.5. The molecule has 0 aliphatic carbocycles. The van der Waals surface area contributed by atoms with Gasteiger partial charge >= 0.3 is 0 Å². The third-order valence-electron chi connectivity index (χ3n) is 5.08. The molecule has 0 bridgehead atoms. The summed E-state index contributed by atoms with van der Waals surface area (Å²) in [4.78, 5) is 27.3. The number of piperidine rings is 1. The molecule has 0 unspecified atom stereocenters. The molecule has 1 fully saturated rings. The quantitative estimate of drug-likeness (QED) is 0.542. The number of carbonyl (C=O) groups excluding carboxylic acids is 2. The van der Waals surface area contributed by atoms with Gasteiger partial charge < -0.3 is 19.7 Å². The zero-order chi connectivity index (χ0) is 22.1. The number of hydrogen-bond donors (Lipinski definition) is 1. The number of likely N-dealkylation sites (tertiary alicyclic amines) is 1. The number of para-hydroxylation sites is 2. The van der Waals surface area contributed by atoms with Gasteiger partial charge in [-0.25, -0.2) is 0 Å². The number of anilines is 1. The summed E-state index contributed by atoms with van der Waals surface area (Å²) in [7, 11) is 0. The van der Waals surface area contributed by atoms with Gasteiger partial charge in [0.25, 0.3) is 5.91 Å². The number of nitrogens with zero attached hydrogens (tertiary/aromatic N) is 1. The van der Waals surface area contributed by atoms with Crippen LogP contribution in [0.25, 0.3) is 0 Å². The Labute approximate surface area is 188 Å². The highest BCUT2D eigenvalue weighted by Gasteiger charge is 2.21. The molecule has 2 aromatic carbocycles. The molecular weight excluding hydrogens is 416 g/mol. The van der Waals surface area contributed by atoms with E-state index in [2.05, 4.69) is 5.32 Å². The Morgan fingerprint density at radius 2 is 1.74 bits per heavy atom. The van der Waals surface area contributed by atoms with E-state index in [1.165, 1.54) is 0 Å². The smallest absolute Gasteiger partial charge is 0.255 e. The number of ether oxygens (including phenoxy) is 2. The fraction of sp³-hybridized carbons (Fsp3) is 0.417. The molecule has 1 heterocycles. The number of amides is 2. The lowest BCUT2D eigenvalue weighted by atomic mass is 10.1. The van der Waals surface area contributed by atoms with E-state index in [1.807, 2.05) is 36.1 Å². The summed E-state index contributed by atoms with van der Waals surface area (Å²) in [6.45, 7) is 4.35. The Morgan fingerprint density at radius 1 is 1.03 bits per heavy atom. The second-order valence-electron chi connectivity index (χ2n) is 7.42. The van der Waals surface area contributed by atoms with Crippen molar-refractivity contribution in [1.29, 1.82) is 0 Å². The topological polar surface area (TPSA) is 67.9 Å². The molecular formula is C24H29ClN2O4. The second-order valence-corrected chi connectivity index (χ2v) is 7.86. The average molecular weight is 445 g/mol. The van der Waals surface area contributed by atoms with Crippen LogP contribution in [0, 0.1) is 0 Å². The van der Waals surface area contributed by atoms with Crippen molar-refractivity contribution in [2.75, 3.05) is 31.6 Å². The van der Waals surface area contributed by atoms with E-state index < -0.39 is 0 Å². The van der Waals surface area contributed by atoms with E-state index in [1.54, 1.807) is 18.2 Å². The predicted molar refractivity (Wildman–Crippen MR) is 122 cm³/mol. The van der Waals surface area contributed by atoms with Crippen molar-refractivity contribution in [2.45, 2.75) is 39.0 Å². The molecule has 7 heteroatoms. The van der Waals surface area contributed by atoms with Crippen LogP contribution in [0.1, 0.15) is 49.4 Å². The lowest BCUT2D eigenvalue weighted by Gasteiger charge is -2.27. The van der Waals surface area contributed by atoms with Gasteiger partial charge in [0.05, 0.1) is 24.5 Å². The lowest BCUT2D eigenvalue weighted by molar-refractivity contribution is -0.116. The molecule has 0 aromatic heterocycles. The lowest BCUT2D eigenvalue weighted by Crippen LogP contribution is -2.36. The van der Waals surface area contributed by atoms with Crippen LogP contribution in [0.5, 0.6) is 11.5 Å². The minimum Gasteiger partial charge on any atom is -0.490 e. The van der Waals surface area contributed by atoms with Crippen LogP contribution < -0.4 is 14.8 Å². The molecule has 2 amide bonds. The van der Waals surface area contributed by atoms with Gasteiger partial charge in [-0.05, 0) is 62.9 Å². The summed E-state index contributed by atoms with van der Waals surface area (Å²) in [5.74, 6) is 1.10. The summed E-state index contributed by atoms with van der Waals surface area (Å²) >= 11 is 6.12. The van der Waals surface area contributed by atoms with Gasteiger partial charge in [0.15, 0.2) is 11.5 Å². The molecule has 3 rings (SSSR count). The van der Waals surface area contributed by atoms with Crippen LogP contribution in [0.15, 0.2) is 42.5 Å². The van der Waals surface area contributed by atoms with Gasteiger partial charge in [0, 0.05) is 24.5 Å². The van der Waals surface area contributed by atoms with Crippen molar-refractivity contribution in [3.8, 4) is 11.5 Å². The summed E-state index contributed by atoms with van der Waals surface area (Å²) in [5, 5.41) is 3.32. The van der Waals surface area contributed by atoms with Crippen molar-refractivity contribution in [1.82, 2.24) is 4.90 Å². The zero-order valence-electron chi connectivity index (χ0n) is 17.9. The zero-order valence-corrected chi connectivity index (χ0v) is 18.6. The van der Waals surface area contributed by atoms with Gasteiger partial charge in [-0.2, -0.15) is 0 Å². The molecule has 1 N–H and O–H groups in total. The standard InChI is InChI=1S/C24H29ClN2O4/c1-2-30-21-9-4-5-10-22(21)31-16-8-11-23(28)26-20-17-18(25)12-13-19(20)24(29)27-14-6-3-7-15-27/h4-5,9-10,12-13,17H,2-3,6-8,11,14-16H2,1H3,(H,26,28). The highest BCUT2D eigenvalue weighted by Crippen LogP contribution is 2.27.